The van der Waals surface area contributed by atoms with Crippen LogP contribution >= 0.6 is 22.6 Å². The largest absolute Gasteiger partial charge is 0.356 e. The molecule has 0 spiro atoms. The van der Waals surface area contributed by atoms with Crippen LogP contribution in [-0.2, 0) is 9.59 Å². The number of halogens is 1. The minimum absolute atomic E-state index is 0.0306. The van der Waals surface area contributed by atoms with Gasteiger partial charge in [0.1, 0.15) is 0 Å². The van der Waals surface area contributed by atoms with Crippen LogP contribution in [0.3, 0.4) is 0 Å². The van der Waals surface area contributed by atoms with Gasteiger partial charge in [0.15, 0.2) is 0 Å². The summed E-state index contributed by atoms with van der Waals surface area (Å²) in [6.45, 7) is 5.39. The molecular weight excluding hydrogens is 367 g/mol. The Morgan fingerprint density at radius 3 is 2.15 bits per heavy atom. The van der Waals surface area contributed by atoms with Crippen LogP contribution in [0.25, 0.3) is 0 Å². The predicted octanol–water partition coefficient (Wildman–Crippen LogP) is 3.04. The van der Waals surface area contributed by atoms with E-state index in [9.17, 15) is 9.59 Å². The Balaban J connectivity index is 3.38. The minimum Gasteiger partial charge on any atom is -0.356 e. The number of carbonyl (C=O) groups is 2. The third kappa shape index (κ3) is 14.1. The summed E-state index contributed by atoms with van der Waals surface area (Å²) in [6.07, 6.45) is 6.55. The van der Waals surface area contributed by atoms with Crippen LogP contribution in [-0.4, -0.2) is 29.3 Å². The average molecular weight is 396 g/mol. The topological polar surface area (TPSA) is 58.2 Å². The van der Waals surface area contributed by atoms with Crippen LogP contribution < -0.4 is 10.6 Å². The summed E-state index contributed by atoms with van der Waals surface area (Å²) in [5.74, 6) is 0.615. The van der Waals surface area contributed by atoms with E-state index in [4.69, 9.17) is 0 Å². The summed E-state index contributed by atoms with van der Waals surface area (Å²) >= 11 is 2.38. The van der Waals surface area contributed by atoms with Crippen LogP contribution in [0.5, 0.6) is 0 Å². The molecule has 0 saturated heterocycles. The molecule has 0 fully saturated rings. The third-order valence-electron chi connectivity index (χ3n) is 3.01. The molecule has 5 heteroatoms. The van der Waals surface area contributed by atoms with Crippen LogP contribution in [0.15, 0.2) is 0 Å². The number of unbranched alkanes of at least 4 members (excludes halogenated alkanes) is 3. The summed E-state index contributed by atoms with van der Waals surface area (Å²) in [7, 11) is 0. The van der Waals surface area contributed by atoms with E-state index < -0.39 is 0 Å². The Labute approximate surface area is 137 Å². The smallest absolute Gasteiger partial charge is 0.221 e. The van der Waals surface area contributed by atoms with Crippen molar-refractivity contribution in [2.45, 2.75) is 58.8 Å². The molecule has 0 aliphatic rings. The van der Waals surface area contributed by atoms with Gasteiger partial charge >= 0.3 is 0 Å². The second-order valence-electron chi connectivity index (χ2n) is 5.49. The fraction of sp³-hybridized carbons (Fsp3) is 0.867. The number of nitrogens with one attached hydrogen (secondary N) is 2. The van der Waals surface area contributed by atoms with Crippen molar-refractivity contribution in [1.82, 2.24) is 10.6 Å². The van der Waals surface area contributed by atoms with Gasteiger partial charge in [0.25, 0.3) is 0 Å². The Hall–Kier alpha value is -0.330. The van der Waals surface area contributed by atoms with Gasteiger partial charge in [-0.3, -0.25) is 9.59 Å². The van der Waals surface area contributed by atoms with E-state index >= 15 is 0 Å². The van der Waals surface area contributed by atoms with Gasteiger partial charge in [0.05, 0.1) is 0 Å². The number of rotatable bonds is 12. The second-order valence-corrected chi connectivity index (χ2v) is 6.56. The number of alkyl halides is 1. The Morgan fingerprint density at radius 1 is 0.900 bits per heavy atom. The van der Waals surface area contributed by atoms with Gasteiger partial charge in [-0.25, -0.2) is 0 Å². The highest BCUT2D eigenvalue weighted by Crippen LogP contribution is 2.03. The summed E-state index contributed by atoms with van der Waals surface area (Å²) < 4.78 is 1.21. The lowest BCUT2D eigenvalue weighted by Crippen LogP contribution is -2.31. The molecule has 2 N–H and O–H groups in total. The zero-order valence-corrected chi connectivity index (χ0v) is 15.0. The molecule has 0 aromatic carbocycles. The normalized spacial score (nSPS) is 10.6. The highest BCUT2D eigenvalue weighted by Gasteiger charge is 2.05. The van der Waals surface area contributed by atoms with Gasteiger partial charge < -0.3 is 10.6 Å². The number of amides is 2. The highest BCUT2D eigenvalue weighted by molar-refractivity contribution is 14.1. The summed E-state index contributed by atoms with van der Waals surface area (Å²) in [5.41, 5.74) is 0. The van der Waals surface area contributed by atoms with Crippen LogP contribution in [0.1, 0.15) is 58.8 Å². The second kappa shape index (κ2) is 13.6. The van der Waals surface area contributed by atoms with Gasteiger partial charge in [-0.1, -0.05) is 49.3 Å². The number of hydrogen-bond donors (Lipinski definition) is 2. The van der Waals surface area contributed by atoms with Gasteiger partial charge in [-0.2, -0.15) is 0 Å². The molecule has 0 rings (SSSR count). The van der Waals surface area contributed by atoms with Crippen molar-refractivity contribution in [2.24, 2.45) is 5.92 Å². The van der Waals surface area contributed by atoms with E-state index in [2.05, 4.69) is 47.1 Å². The van der Waals surface area contributed by atoms with E-state index in [0.717, 1.165) is 19.4 Å². The molecular formula is C15H29IN2O2. The maximum absolute atomic E-state index is 11.5. The lowest BCUT2D eigenvalue weighted by molar-refractivity contribution is -0.122. The quantitative estimate of drug-likeness (QED) is 0.303. The summed E-state index contributed by atoms with van der Waals surface area (Å²) in [6, 6.07) is 0. The fourth-order valence-electron chi connectivity index (χ4n) is 1.71. The first kappa shape index (κ1) is 19.7. The van der Waals surface area contributed by atoms with Crippen molar-refractivity contribution in [3.63, 3.8) is 0 Å². The lowest BCUT2D eigenvalue weighted by Gasteiger charge is -2.07. The van der Waals surface area contributed by atoms with Gasteiger partial charge in [-0.15, -0.1) is 0 Å². The SMILES string of the molecule is CC(C)CCC(=O)NCCC(=O)NCCCCCCI. The molecule has 20 heavy (non-hydrogen) atoms. The molecule has 0 aromatic rings. The van der Waals surface area contributed by atoms with E-state index in [1.807, 2.05) is 0 Å². The number of carbonyl (C=O) groups excluding carboxylic acids is 2. The van der Waals surface area contributed by atoms with Crippen molar-refractivity contribution in [1.29, 1.82) is 0 Å². The van der Waals surface area contributed by atoms with Gasteiger partial charge in [0, 0.05) is 25.9 Å². The average Bonchev–Trinajstić information content (AvgIpc) is 2.40. The standard InChI is InChI=1S/C15H29IN2O2/c1-13(2)7-8-14(19)18-12-9-15(20)17-11-6-4-3-5-10-16/h13H,3-12H2,1-2H3,(H,17,20)(H,18,19). The predicted molar refractivity (Wildman–Crippen MR) is 92.1 cm³/mol. The maximum Gasteiger partial charge on any atom is 0.221 e. The van der Waals surface area contributed by atoms with E-state index in [1.165, 1.54) is 23.7 Å². The Bertz CT molecular complexity index is 271. The monoisotopic (exact) mass is 396 g/mol. The molecule has 0 aliphatic carbocycles. The summed E-state index contributed by atoms with van der Waals surface area (Å²) in [5, 5.41) is 5.68. The first-order valence-corrected chi connectivity index (χ1v) is 9.18. The zero-order valence-electron chi connectivity index (χ0n) is 12.8. The van der Waals surface area contributed by atoms with Crippen LogP contribution in [0.4, 0.5) is 0 Å². The Morgan fingerprint density at radius 2 is 1.50 bits per heavy atom. The van der Waals surface area contributed by atoms with E-state index in [0.29, 0.717) is 25.3 Å². The molecule has 0 aromatic heterocycles. The molecule has 0 unspecified atom stereocenters. The van der Waals surface area contributed by atoms with Crippen LogP contribution in [0.2, 0.25) is 0 Å². The molecule has 4 nitrogen and oxygen atoms in total. The lowest BCUT2D eigenvalue weighted by atomic mass is 10.1. The van der Waals surface area contributed by atoms with Crippen molar-refractivity contribution in [3.8, 4) is 0 Å². The molecule has 0 aliphatic heterocycles. The van der Waals surface area contributed by atoms with Gasteiger partial charge in [-0.05, 0) is 29.6 Å². The van der Waals surface area contributed by atoms with Crippen molar-refractivity contribution >= 4 is 34.4 Å². The third-order valence-corrected chi connectivity index (χ3v) is 3.77. The first-order chi connectivity index (χ1) is 9.56. The fourth-order valence-corrected chi connectivity index (χ4v) is 2.25. The van der Waals surface area contributed by atoms with Gasteiger partial charge in [0.2, 0.25) is 11.8 Å². The highest BCUT2D eigenvalue weighted by atomic mass is 127. The molecule has 0 atom stereocenters. The molecule has 0 saturated carbocycles. The molecule has 118 valence electrons. The minimum atomic E-state index is 0.0306. The molecule has 0 bridgehead atoms. The van der Waals surface area contributed by atoms with Crippen LogP contribution in [0, 0.1) is 5.92 Å². The molecule has 0 heterocycles. The maximum atomic E-state index is 11.5. The summed E-state index contributed by atoms with van der Waals surface area (Å²) in [4.78, 5) is 23.0. The van der Waals surface area contributed by atoms with E-state index in [-0.39, 0.29) is 11.8 Å². The van der Waals surface area contributed by atoms with Crippen molar-refractivity contribution in [2.75, 3.05) is 17.5 Å². The molecule has 0 radical (unpaired) electrons. The van der Waals surface area contributed by atoms with E-state index in [1.54, 1.807) is 0 Å². The Kier molecular flexibility index (Phi) is 13.4. The molecule has 2 amide bonds. The zero-order chi connectivity index (χ0) is 15.2. The first-order valence-electron chi connectivity index (χ1n) is 7.65. The number of hydrogen-bond acceptors (Lipinski definition) is 2. The van der Waals surface area contributed by atoms with Crippen molar-refractivity contribution < 1.29 is 9.59 Å². The van der Waals surface area contributed by atoms with Crippen molar-refractivity contribution in [3.05, 3.63) is 0 Å².